The maximum Gasteiger partial charge on any atom is 0.338 e. The first kappa shape index (κ1) is 14.9. The van der Waals surface area contributed by atoms with E-state index in [4.69, 9.17) is 22.1 Å². The zero-order valence-corrected chi connectivity index (χ0v) is 12.0. The van der Waals surface area contributed by atoms with Gasteiger partial charge in [-0.1, -0.05) is 32.4 Å². The summed E-state index contributed by atoms with van der Waals surface area (Å²) >= 11 is 6.09. The van der Waals surface area contributed by atoms with E-state index >= 15 is 0 Å². The van der Waals surface area contributed by atoms with Crippen LogP contribution < -0.4 is 5.73 Å². The lowest BCUT2D eigenvalue weighted by Crippen LogP contribution is -2.19. The van der Waals surface area contributed by atoms with Gasteiger partial charge in [0.15, 0.2) is 0 Å². The number of carbonyl (C=O) groups is 1. The van der Waals surface area contributed by atoms with Crippen LogP contribution in [0.4, 0.5) is 0 Å². The lowest BCUT2D eigenvalue weighted by atomic mass is 9.90. The molecule has 1 heterocycles. The molecule has 0 aliphatic carbocycles. The van der Waals surface area contributed by atoms with Gasteiger partial charge < -0.3 is 10.5 Å². The van der Waals surface area contributed by atoms with Gasteiger partial charge in [0, 0.05) is 23.2 Å². The number of aromatic nitrogens is 1. The molecule has 18 heavy (non-hydrogen) atoms. The first-order chi connectivity index (χ1) is 8.31. The minimum atomic E-state index is -0.409. The molecular formula is C13H19ClN2O2. The number of pyridine rings is 1. The van der Waals surface area contributed by atoms with E-state index in [1.54, 1.807) is 13.0 Å². The average molecular weight is 271 g/mol. The van der Waals surface area contributed by atoms with Crippen LogP contribution in [0.15, 0.2) is 6.07 Å². The second-order valence-corrected chi connectivity index (χ2v) is 5.36. The fourth-order valence-electron chi connectivity index (χ4n) is 1.51. The van der Waals surface area contributed by atoms with E-state index in [2.05, 4.69) is 4.98 Å². The molecule has 0 amide bonds. The van der Waals surface area contributed by atoms with Crippen LogP contribution in [-0.2, 0) is 16.7 Å². The fourth-order valence-corrected chi connectivity index (χ4v) is 1.78. The van der Waals surface area contributed by atoms with E-state index in [9.17, 15) is 4.79 Å². The first-order valence-electron chi connectivity index (χ1n) is 5.88. The van der Waals surface area contributed by atoms with Crippen molar-refractivity contribution in [1.29, 1.82) is 0 Å². The lowest BCUT2D eigenvalue weighted by Gasteiger charge is -2.20. The molecule has 100 valence electrons. The van der Waals surface area contributed by atoms with Gasteiger partial charge >= 0.3 is 5.97 Å². The lowest BCUT2D eigenvalue weighted by molar-refractivity contribution is 0.0524. The Morgan fingerprint density at radius 1 is 1.50 bits per heavy atom. The van der Waals surface area contributed by atoms with E-state index in [0.717, 1.165) is 5.69 Å². The molecule has 0 aliphatic rings. The highest BCUT2D eigenvalue weighted by atomic mass is 35.5. The molecule has 0 radical (unpaired) electrons. The fraction of sp³-hybridized carbons (Fsp3) is 0.538. The number of halogens is 1. The van der Waals surface area contributed by atoms with Crippen LogP contribution in [0.5, 0.6) is 0 Å². The largest absolute Gasteiger partial charge is 0.462 e. The highest BCUT2D eigenvalue weighted by molar-refractivity contribution is 6.30. The van der Waals surface area contributed by atoms with Crippen LogP contribution in [0.3, 0.4) is 0 Å². The average Bonchev–Trinajstić information content (AvgIpc) is 2.27. The molecule has 0 spiro atoms. The molecule has 2 N–H and O–H groups in total. The Kier molecular flexibility index (Phi) is 4.71. The third kappa shape index (κ3) is 3.21. The zero-order valence-electron chi connectivity index (χ0n) is 11.2. The maximum absolute atomic E-state index is 11.9. The van der Waals surface area contributed by atoms with E-state index in [0.29, 0.717) is 17.7 Å². The van der Waals surface area contributed by atoms with Gasteiger partial charge in [0.05, 0.1) is 12.2 Å². The molecule has 0 atom stereocenters. The SMILES string of the molecule is CCOC(=O)c1cc(C(C)(C)C)nc(Cl)c1CN. The number of ether oxygens (including phenoxy) is 1. The van der Waals surface area contributed by atoms with Gasteiger partial charge in [0.2, 0.25) is 0 Å². The molecule has 0 saturated heterocycles. The van der Waals surface area contributed by atoms with Gasteiger partial charge in [-0.25, -0.2) is 9.78 Å². The molecular weight excluding hydrogens is 252 g/mol. The van der Waals surface area contributed by atoms with Crippen molar-refractivity contribution in [3.8, 4) is 0 Å². The quantitative estimate of drug-likeness (QED) is 0.677. The number of hydrogen-bond donors (Lipinski definition) is 1. The smallest absolute Gasteiger partial charge is 0.338 e. The van der Waals surface area contributed by atoms with Crippen LogP contribution in [0.2, 0.25) is 5.15 Å². The van der Waals surface area contributed by atoms with Crippen molar-refractivity contribution >= 4 is 17.6 Å². The van der Waals surface area contributed by atoms with Crippen LogP contribution in [0, 0.1) is 0 Å². The van der Waals surface area contributed by atoms with Gasteiger partial charge in [0.25, 0.3) is 0 Å². The summed E-state index contributed by atoms with van der Waals surface area (Å²) < 4.78 is 5.01. The summed E-state index contributed by atoms with van der Waals surface area (Å²) in [4.78, 5) is 16.2. The standard InChI is InChI=1S/C13H19ClN2O2/c1-5-18-12(17)8-6-10(13(2,3)4)16-11(14)9(8)7-15/h6H,5,7,15H2,1-4H3. The molecule has 1 aromatic heterocycles. The van der Waals surface area contributed by atoms with Crippen LogP contribution in [0.25, 0.3) is 0 Å². The molecule has 1 rings (SSSR count). The minimum absolute atomic E-state index is 0.157. The van der Waals surface area contributed by atoms with Crippen molar-refractivity contribution in [1.82, 2.24) is 4.98 Å². The monoisotopic (exact) mass is 270 g/mol. The Morgan fingerprint density at radius 3 is 2.56 bits per heavy atom. The number of nitrogens with zero attached hydrogens (tertiary/aromatic N) is 1. The van der Waals surface area contributed by atoms with Crippen molar-refractivity contribution in [3.63, 3.8) is 0 Å². The van der Waals surface area contributed by atoms with E-state index < -0.39 is 5.97 Å². The second-order valence-electron chi connectivity index (χ2n) is 5.00. The van der Waals surface area contributed by atoms with Crippen molar-refractivity contribution in [2.45, 2.75) is 39.7 Å². The summed E-state index contributed by atoms with van der Waals surface area (Å²) in [6.07, 6.45) is 0. The Hall–Kier alpha value is -1.13. The molecule has 0 saturated carbocycles. The third-order valence-corrected chi connectivity index (χ3v) is 2.85. The van der Waals surface area contributed by atoms with Crippen molar-refractivity contribution in [2.24, 2.45) is 5.73 Å². The predicted molar refractivity (Wildman–Crippen MR) is 71.8 cm³/mol. The molecule has 5 heteroatoms. The third-order valence-electron chi connectivity index (χ3n) is 2.54. The van der Waals surface area contributed by atoms with Gasteiger partial charge in [0.1, 0.15) is 5.15 Å². The highest BCUT2D eigenvalue weighted by Gasteiger charge is 2.23. The number of nitrogens with two attached hydrogens (primary N) is 1. The number of carbonyl (C=O) groups excluding carboxylic acids is 1. The maximum atomic E-state index is 11.9. The van der Waals surface area contributed by atoms with Crippen molar-refractivity contribution in [3.05, 3.63) is 28.0 Å². The Morgan fingerprint density at radius 2 is 2.11 bits per heavy atom. The van der Waals surface area contributed by atoms with E-state index in [1.165, 1.54) is 0 Å². The summed E-state index contributed by atoms with van der Waals surface area (Å²) in [5.74, 6) is -0.409. The second kappa shape index (κ2) is 5.67. The van der Waals surface area contributed by atoms with Crippen LogP contribution >= 0.6 is 11.6 Å². The Bertz CT molecular complexity index is 453. The number of esters is 1. The summed E-state index contributed by atoms with van der Waals surface area (Å²) in [5, 5.41) is 0.271. The van der Waals surface area contributed by atoms with E-state index in [1.807, 2.05) is 20.8 Å². The molecule has 0 aromatic carbocycles. The molecule has 0 aliphatic heterocycles. The van der Waals surface area contributed by atoms with Crippen molar-refractivity contribution < 1.29 is 9.53 Å². The molecule has 0 fully saturated rings. The molecule has 0 bridgehead atoms. The minimum Gasteiger partial charge on any atom is -0.462 e. The normalized spacial score (nSPS) is 11.4. The van der Waals surface area contributed by atoms with Gasteiger partial charge in [-0.05, 0) is 13.0 Å². The predicted octanol–water partition coefficient (Wildman–Crippen LogP) is 2.67. The molecule has 1 aromatic rings. The number of hydrogen-bond acceptors (Lipinski definition) is 4. The molecule has 4 nitrogen and oxygen atoms in total. The topological polar surface area (TPSA) is 65.2 Å². The first-order valence-corrected chi connectivity index (χ1v) is 6.26. The van der Waals surface area contributed by atoms with Gasteiger partial charge in [-0.2, -0.15) is 0 Å². The highest BCUT2D eigenvalue weighted by Crippen LogP contribution is 2.27. The number of rotatable bonds is 3. The van der Waals surface area contributed by atoms with Gasteiger partial charge in [-0.3, -0.25) is 0 Å². The summed E-state index contributed by atoms with van der Waals surface area (Å²) in [6.45, 7) is 8.24. The Balaban J connectivity index is 3.37. The molecule has 0 unspecified atom stereocenters. The summed E-state index contributed by atoms with van der Waals surface area (Å²) in [5.41, 5.74) is 7.10. The van der Waals surface area contributed by atoms with E-state index in [-0.39, 0.29) is 17.1 Å². The summed E-state index contributed by atoms with van der Waals surface area (Å²) in [6, 6.07) is 1.71. The van der Waals surface area contributed by atoms with Crippen LogP contribution in [0.1, 0.15) is 49.3 Å². The summed E-state index contributed by atoms with van der Waals surface area (Å²) in [7, 11) is 0. The van der Waals surface area contributed by atoms with Gasteiger partial charge in [-0.15, -0.1) is 0 Å². The van der Waals surface area contributed by atoms with Crippen molar-refractivity contribution in [2.75, 3.05) is 6.61 Å². The zero-order chi connectivity index (χ0) is 13.9. The Labute approximate surface area is 112 Å². The van der Waals surface area contributed by atoms with Crippen LogP contribution in [-0.4, -0.2) is 17.6 Å².